The van der Waals surface area contributed by atoms with Crippen LogP contribution in [0.3, 0.4) is 0 Å². The normalized spacial score (nSPS) is 18.4. The minimum absolute atomic E-state index is 0.228. The molecule has 1 atom stereocenters. The molecule has 1 aliphatic rings. The molecule has 0 radical (unpaired) electrons. The average Bonchev–Trinajstić information content (AvgIpc) is 3.01. The summed E-state index contributed by atoms with van der Waals surface area (Å²) in [6, 6.07) is 0. The van der Waals surface area contributed by atoms with Crippen LogP contribution < -0.4 is 11.1 Å². The van der Waals surface area contributed by atoms with Gasteiger partial charge in [-0.2, -0.15) is 0 Å². The Balaban J connectivity index is 1.78. The summed E-state index contributed by atoms with van der Waals surface area (Å²) in [5.74, 6) is 1.06. The van der Waals surface area contributed by atoms with Crippen molar-refractivity contribution in [2.24, 2.45) is 11.7 Å². The lowest BCUT2D eigenvalue weighted by Gasteiger charge is -2.12. The largest absolute Gasteiger partial charge is 0.380 e. The van der Waals surface area contributed by atoms with Gasteiger partial charge in [0, 0.05) is 13.7 Å². The van der Waals surface area contributed by atoms with Crippen LogP contribution in [0.15, 0.2) is 0 Å². The Labute approximate surface area is 87.4 Å². The average molecular weight is 200 g/mol. The molecule has 0 aromatic rings. The van der Waals surface area contributed by atoms with E-state index in [1.165, 1.54) is 25.7 Å². The van der Waals surface area contributed by atoms with Gasteiger partial charge in [-0.25, -0.2) is 0 Å². The van der Waals surface area contributed by atoms with Gasteiger partial charge < -0.3 is 15.8 Å². The van der Waals surface area contributed by atoms with Crippen LogP contribution in [0.5, 0.6) is 0 Å². The van der Waals surface area contributed by atoms with Crippen LogP contribution in [0.4, 0.5) is 0 Å². The Morgan fingerprint density at radius 2 is 2.21 bits per heavy atom. The molecule has 3 N–H and O–H groups in total. The van der Waals surface area contributed by atoms with E-state index in [0.717, 1.165) is 25.4 Å². The second-order valence-corrected chi connectivity index (χ2v) is 4.22. The number of nitrogens with one attached hydrogen (secondary N) is 1. The van der Waals surface area contributed by atoms with Crippen LogP contribution in [0, 0.1) is 5.92 Å². The van der Waals surface area contributed by atoms with Gasteiger partial charge in [0.15, 0.2) is 0 Å². The summed E-state index contributed by atoms with van der Waals surface area (Å²) in [7, 11) is 1.73. The number of methoxy groups -OCH3 is 1. The minimum Gasteiger partial charge on any atom is -0.380 e. The maximum absolute atomic E-state index is 5.52. The molecule has 3 nitrogen and oxygen atoms in total. The van der Waals surface area contributed by atoms with Crippen LogP contribution in [0.2, 0.25) is 0 Å². The highest BCUT2D eigenvalue weighted by molar-refractivity contribution is 4.73. The summed E-state index contributed by atoms with van der Waals surface area (Å²) in [5, 5.41) is 3.43. The van der Waals surface area contributed by atoms with Gasteiger partial charge in [-0.1, -0.05) is 12.8 Å². The molecule has 0 aromatic carbocycles. The minimum atomic E-state index is 0.228. The van der Waals surface area contributed by atoms with E-state index in [4.69, 9.17) is 10.5 Å². The molecule has 3 heteroatoms. The second-order valence-electron chi connectivity index (χ2n) is 4.22. The Morgan fingerprint density at radius 1 is 1.43 bits per heavy atom. The van der Waals surface area contributed by atoms with Gasteiger partial charge in [0.1, 0.15) is 0 Å². The Morgan fingerprint density at radius 3 is 2.79 bits per heavy atom. The third kappa shape index (κ3) is 5.58. The van der Waals surface area contributed by atoms with Gasteiger partial charge in [-0.15, -0.1) is 0 Å². The summed E-state index contributed by atoms with van der Waals surface area (Å²) >= 11 is 0. The number of hydrogen-bond acceptors (Lipinski definition) is 3. The third-order valence-corrected chi connectivity index (χ3v) is 2.90. The summed E-state index contributed by atoms with van der Waals surface area (Å²) in [5.41, 5.74) is 5.52. The molecule has 0 amide bonds. The lowest BCUT2D eigenvalue weighted by molar-refractivity contribution is 0.102. The summed E-state index contributed by atoms with van der Waals surface area (Å²) < 4.78 is 5.19. The molecule has 1 fully saturated rings. The zero-order chi connectivity index (χ0) is 10.2. The molecule has 0 heterocycles. The number of hydrogen-bond donors (Lipinski definition) is 2. The van der Waals surface area contributed by atoms with Crippen molar-refractivity contribution >= 4 is 0 Å². The van der Waals surface area contributed by atoms with E-state index in [1.807, 2.05) is 0 Å². The van der Waals surface area contributed by atoms with Crippen molar-refractivity contribution in [3.63, 3.8) is 0 Å². The van der Waals surface area contributed by atoms with Crippen molar-refractivity contribution in [1.29, 1.82) is 0 Å². The molecule has 0 saturated heterocycles. The van der Waals surface area contributed by atoms with Crippen LogP contribution in [0.25, 0.3) is 0 Å². The van der Waals surface area contributed by atoms with Crippen molar-refractivity contribution in [3.05, 3.63) is 0 Å². The maximum Gasteiger partial charge on any atom is 0.0705 e. The van der Waals surface area contributed by atoms with Gasteiger partial charge in [0.2, 0.25) is 0 Å². The fraction of sp³-hybridized carbons (Fsp3) is 1.00. The van der Waals surface area contributed by atoms with Crippen LogP contribution >= 0.6 is 0 Å². The van der Waals surface area contributed by atoms with Crippen molar-refractivity contribution in [2.45, 2.75) is 38.2 Å². The van der Waals surface area contributed by atoms with E-state index in [1.54, 1.807) is 7.11 Å². The van der Waals surface area contributed by atoms with Gasteiger partial charge in [0.05, 0.1) is 6.10 Å². The van der Waals surface area contributed by atoms with E-state index in [-0.39, 0.29) is 6.10 Å². The van der Waals surface area contributed by atoms with Gasteiger partial charge in [0.25, 0.3) is 0 Å². The van der Waals surface area contributed by atoms with E-state index in [2.05, 4.69) is 5.32 Å². The first-order valence-electron chi connectivity index (χ1n) is 5.80. The molecule has 0 aromatic heterocycles. The SMILES string of the molecule is COC(CN)CCNCCCC1CC1. The highest BCUT2D eigenvalue weighted by atomic mass is 16.5. The number of ether oxygens (including phenoxy) is 1. The van der Waals surface area contributed by atoms with Crippen molar-refractivity contribution in [2.75, 3.05) is 26.7 Å². The van der Waals surface area contributed by atoms with Gasteiger partial charge in [-0.05, 0) is 38.3 Å². The lowest BCUT2D eigenvalue weighted by Crippen LogP contribution is -2.28. The van der Waals surface area contributed by atoms with Crippen LogP contribution in [-0.2, 0) is 4.74 Å². The third-order valence-electron chi connectivity index (χ3n) is 2.90. The molecule has 0 bridgehead atoms. The highest BCUT2D eigenvalue weighted by Crippen LogP contribution is 2.33. The van der Waals surface area contributed by atoms with Gasteiger partial charge in [-0.3, -0.25) is 0 Å². The quantitative estimate of drug-likeness (QED) is 0.549. The molecule has 0 spiro atoms. The maximum atomic E-state index is 5.52. The zero-order valence-electron chi connectivity index (χ0n) is 9.30. The molecule has 1 aliphatic carbocycles. The predicted octanol–water partition coefficient (Wildman–Crippen LogP) is 1.13. The van der Waals surface area contributed by atoms with Crippen molar-refractivity contribution in [1.82, 2.24) is 5.32 Å². The second kappa shape index (κ2) is 7.21. The zero-order valence-corrected chi connectivity index (χ0v) is 9.30. The van der Waals surface area contributed by atoms with E-state index in [9.17, 15) is 0 Å². The summed E-state index contributed by atoms with van der Waals surface area (Å²) in [4.78, 5) is 0. The highest BCUT2D eigenvalue weighted by Gasteiger charge is 2.19. The Bertz CT molecular complexity index is 133. The van der Waals surface area contributed by atoms with Crippen molar-refractivity contribution in [3.8, 4) is 0 Å². The smallest absolute Gasteiger partial charge is 0.0705 e. The Hall–Kier alpha value is -0.120. The van der Waals surface area contributed by atoms with Crippen molar-refractivity contribution < 1.29 is 4.74 Å². The van der Waals surface area contributed by atoms with Gasteiger partial charge >= 0.3 is 0 Å². The topological polar surface area (TPSA) is 47.3 Å². The predicted molar refractivity (Wildman–Crippen MR) is 59.3 cm³/mol. The first kappa shape index (κ1) is 12.0. The fourth-order valence-corrected chi connectivity index (χ4v) is 1.64. The van der Waals surface area contributed by atoms with E-state index >= 15 is 0 Å². The number of nitrogens with two attached hydrogens (primary N) is 1. The molecule has 14 heavy (non-hydrogen) atoms. The monoisotopic (exact) mass is 200 g/mol. The Kier molecular flexibility index (Phi) is 6.15. The first-order valence-corrected chi connectivity index (χ1v) is 5.80. The lowest BCUT2D eigenvalue weighted by atomic mass is 10.2. The van der Waals surface area contributed by atoms with E-state index in [0.29, 0.717) is 6.54 Å². The molecule has 0 aliphatic heterocycles. The fourth-order valence-electron chi connectivity index (χ4n) is 1.64. The standard InChI is InChI=1S/C11H24N2O/c1-14-11(9-12)6-8-13-7-2-3-10-4-5-10/h10-11,13H,2-9,12H2,1H3. The summed E-state index contributed by atoms with van der Waals surface area (Å²) in [6.07, 6.45) is 6.93. The van der Waals surface area contributed by atoms with Crippen LogP contribution in [-0.4, -0.2) is 32.8 Å². The molecular formula is C11H24N2O. The summed E-state index contributed by atoms with van der Waals surface area (Å²) in [6.45, 7) is 2.80. The molecular weight excluding hydrogens is 176 g/mol. The first-order chi connectivity index (χ1) is 6.86. The van der Waals surface area contributed by atoms with Crippen LogP contribution in [0.1, 0.15) is 32.1 Å². The molecule has 1 saturated carbocycles. The number of rotatable bonds is 9. The van der Waals surface area contributed by atoms with E-state index < -0.39 is 0 Å². The molecule has 1 unspecified atom stereocenters. The molecule has 1 rings (SSSR count). The molecule has 84 valence electrons.